The zero-order chi connectivity index (χ0) is 12.8. The molecular formula is C14H27ClN2O2. The van der Waals surface area contributed by atoms with E-state index in [1.807, 2.05) is 4.90 Å². The number of amides is 1. The van der Waals surface area contributed by atoms with Crippen molar-refractivity contribution in [1.82, 2.24) is 10.2 Å². The van der Waals surface area contributed by atoms with Gasteiger partial charge in [0.2, 0.25) is 5.91 Å². The van der Waals surface area contributed by atoms with Crippen LogP contribution in [0.4, 0.5) is 0 Å². The Morgan fingerprint density at radius 1 is 1.26 bits per heavy atom. The summed E-state index contributed by atoms with van der Waals surface area (Å²) in [5.41, 5.74) is 0. The van der Waals surface area contributed by atoms with Gasteiger partial charge in [-0.2, -0.15) is 0 Å². The van der Waals surface area contributed by atoms with Crippen LogP contribution < -0.4 is 5.32 Å². The lowest BCUT2D eigenvalue weighted by Crippen LogP contribution is -2.40. The topological polar surface area (TPSA) is 41.6 Å². The molecule has 1 amide bonds. The zero-order valence-electron chi connectivity index (χ0n) is 11.9. The Balaban J connectivity index is 0.00000180. The predicted molar refractivity (Wildman–Crippen MR) is 78.7 cm³/mol. The number of likely N-dealkylation sites (tertiary alicyclic amines) is 1. The number of nitrogens with one attached hydrogen (secondary N) is 1. The van der Waals surface area contributed by atoms with E-state index in [1.54, 1.807) is 0 Å². The molecule has 2 saturated heterocycles. The Kier molecular flexibility index (Phi) is 7.73. The third-order valence-corrected chi connectivity index (χ3v) is 3.99. The maximum Gasteiger partial charge on any atom is 0.248 e. The van der Waals surface area contributed by atoms with E-state index < -0.39 is 0 Å². The molecule has 2 rings (SSSR count). The molecule has 112 valence electrons. The van der Waals surface area contributed by atoms with Crippen molar-refractivity contribution in [3.8, 4) is 0 Å². The molecule has 0 spiro atoms. The smallest absolute Gasteiger partial charge is 0.248 e. The van der Waals surface area contributed by atoms with Gasteiger partial charge >= 0.3 is 0 Å². The molecule has 2 aliphatic rings. The van der Waals surface area contributed by atoms with Crippen LogP contribution in [0.3, 0.4) is 0 Å². The van der Waals surface area contributed by atoms with Gasteiger partial charge in [-0.05, 0) is 25.7 Å². The van der Waals surface area contributed by atoms with E-state index in [0.717, 1.165) is 32.5 Å². The van der Waals surface area contributed by atoms with Crippen molar-refractivity contribution in [1.29, 1.82) is 0 Å². The van der Waals surface area contributed by atoms with Crippen molar-refractivity contribution < 1.29 is 9.53 Å². The Labute approximate surface area is 122 Å². The second kappa shape index (κ2) is 8.77. The van der Waals surface area contributed by atoms with Crippen LogP contribution in [0.1, 0.15) is 45.4 Å². The first-order valence-corrected chi connectivity index (χ1v) is 7.41. The van der Waals surface area contributed by atoms with Crippen molar-refractivity contribution in [2.45, 2.75) is 57.5 Å². The predicted octanol–water partition coefficient (Wildman–Crippen LogP) is 1.97. The maximum atomic E-state index is 12.0. The number of hydrogen-bond acceptors (Lipinski definition) is 3. The van der Waals surface area contributed by atoms with Gasteiger partial charge in [0.15, 0.2) is 0 Å². The number of unbranched alkanes of at least 4 members (excludes halogenated alkanes) is 2. The molecule has 2 atom stereocenters. The van der Waals surface area contributed by atoms with Crippen molar-refractivity contribution in [2.24, 2.45) is 0 Å². The van der Waals surface area contributed by atoms with E-state index in [1.165, 1.54) is 25.7 Å². The number of carbonyl (C=O) groups excluding carboxylic acids is 1. The third kappa shape index (κ3) is 5.28. The Hall–Kier alpha value is -0.320. The van der Waals surface area contributed by atoms with Gasteiger partial charge < -0.3 is 15.0 Å². The number of ether oxygens (including phenoxy) is 1. The molecule has 2 unspecified atom stereocenters. The van der Waals surface area contributed by atoms with Crippen LogP contribution in [0.25, 0.3) is 0 Å². The van der Waals surface area contributed by atoms with E-state index in [2.05, 4.69) is 12.2 Å². The molecule has 0 aromatic heterocycles. The van der Waals surface area contributed by atoms with Crippen LogP contribution in [-0.4, -0.2) is 49.2 Å². The van der Waals surface area contributed by atoms with Crippen molar-refractivity contribution in [3.63, 3.8) is 0 Å². The molecule has 5 heteroatoms. The van der Waals surface area contributed by atoms with Crippen LogP contribution in [0.2, 0.25) is 0 Å². The normalized spacial score (nSPS) is 25.8. The van der Waals surface area contributed by atoms with Gasteiger partial charge in [-0.15, -0.1) is 12.4 Å². The molecular weight excluding hydrogens is 264 g/mol. The van der Waals surface area contributed by atoms with Gasteiger partial charge in [-0.3, -0.25) is 4.79 Å². The lowest BCUT2D eigenvalue weighted by atomic mass is 10.1. The Morgan fingerprint density at radius 3 is 2.84 bits per heavy atom. The average molecular weight is 291 g/mol. The summed E-state index contributed by atoms with van der Waals surface area (Å²) in [5, 5.41) is 3.59. The molecule has 4 nitrogen and oxygen atoms in total. The van der Waals surface area contributed by atoms with Gasteiger partial charge in [-0.25, -0.2) is 0 Å². The van der Waals surface area contributed by atoms with Crippen LogP contribution in [0.5, 0.6) is 0 Å². The SMILES string of the molecule is CCCCCOCC(=O)N1CCC2CCC(C1)N2.Cl. The summed E-state index contributed by atoms with van der Waals surface area (Å²) < 4.78 is 5.46. The van der Waals surface area contributed by atoms with E-state index in [4.69, 9.17) is 4.74 Å². The fourth-order valence-corrected chi connectivity index (χ4v) is 2.87. The molecule has 0 aliphatic carbocycles. The minimum atomic E-state index is 0. The third-order valence-electron chi connectivity index (χ3n) is 3.99. The highest BCUT2D eigenvalue weighted by molar-refractivity contribution is 5.85. The number of fused-ring (bicyclic) bond motifs is 2. The van der Waals surface area contributed by atoms with Crippen molar-refractivity contribution in [3.05, 3.63) is 0 Å². The van der Waals surface area contributed by atoms with E-state index in [-0.39, 0.29) is 24.9 Å². The number of halogens is 1. The van der Waals surface area contributed by atoms with Crippen LogP contribution in [0.15, 0.2) is 0 Å². The molecule has 2 bridgehead atoms. The summed E-state index contributed by atoms with van der Waals surface area (Å²) in [5.74, 6) is 0.167. The molecule has 2 heterocycles. The summed E-state index contributed by atoms with van der Waals surface area (Å²) in [6.07, 6.45) is 7.03. The zero-order valence-corrected chi connectivity index (χ0v) is 12.7. The first-order chi connectivity index (χ1) is 8.79. The van der Waals surface area contributed by atoms with E-state index >= 15 is 0 Å². The second-order valence-electron chi connectivity index (χ2n) is 5.53. The monoisotopic (exact) mass is 290 g/mol. The van der Waals surface area contributed by atoms with Gasteiger partial charge in [0, 0.05) is 31.8 Å². The standard InChI is InChI=1S/C14H26N2O2.ClH/c1-2-3-4-9-18-11-14(17)16-8-7-12-5-6-13(10-16)15-12;/h12-13,15H,2-11H2,1H3;1H. The molecule has 0 saturated carbocycles. The molecule has 1 N–H and O–H groups in total. The molecule has 19 heavy (non-hydrogen) atoms. The number of carbonyl (C=O) groups is 1. The largest absolute Gasteiger partial charge is 0.372 e. The van der Waals surface area contributed by atoms with Crippen LogP contribution >= 0.6 is 12.4 Å². The van der Waals surface area contributed by atoms with Gasteiger partial charge in [0.1, 0.15) is 6.61 Å². The van der Waals surface area contributed by atoms with Gasteiger partial charge in [0.05, 0.1) is 0 Å². The Bertz CT molecular complexity index is 276. The minimum absolute atomic E-state index is 0. The molecule has 0 radical (unpaired) electrons. The van der Waals surface area contributed by atoms with Crippen LogP contribution in [-0.2, 0) is 9.53 Å². The van der Waals surface area contributed by atoms with Gasteiger partial charge in [0.25, 0.3) is 0 Å². The van der Waals surface area contributed by atoms with Gasteiger partial charge in [-0.1, -0.05) is 19.8 Å². The fraction of sp³-hybridized carbons (Fsp3) is 0.929. The molecule has 2 aliphatic heterocycles. The molecule has 0 aromatic rings. The maximum absolute atomic E-state index is 12.0. The number of hydrogen-bond donors (Lipinski definition) is 1. The van der Waals surface area contributed by atoms with Crippen molar-refractivity contribution in [2.75, 3.05) is 26.3 Å². The highest BCUT2D eigenvalue weighted by Crippen LogP contribution is 2.20. The first kappa shape index (κ1) is 16.7. The fourth-order valence-electron chi connectivity index (χ4n) is 2.87. The van der Waals surface area contributed by atoms with Crippen molar-refractivity contribution >= 4 is 18.3 Å². The summed E-state index contributed by atoms with van der Waals surface area (Å²) >= 11 is 0. The molecule has 0 aromatic carbocycles. The number of nitrogens with zero attached hydrogens (tertiary/aromatic N) is 1. The lowest BCUT2D eigenvalue weighted by Gasteiger charge is -2.24. The second-order valence-corrected chi connectivity index (χ2v) is 5.53. The summed E-state index contributed by atoms with van der Waals surface area (Å²) in [6.45, 7) is 4.92. The summed E-state index contributed by atoms with van der Waals surface area (Å²) in [7, 11) is 0. The highest BCUT2D eigenvalue weighted by Gasteiger charge is 2.30. The quantitative estimate of drug-likeness (QED) is 0.761. The average Bonchev–Trinajstić information content (AvgIpc) is 2.68. The Morgan fingerprint density at radius 2 is 2.05 bits per heavy atom. The lowest BCUT2D eigenvalue weighted by molar-refractivity contribution is -0.136. The summed E-state index contributed by atoms with van der Waals surface area (Å²) in [6, 6.07) is 1.15. The highest BCUT2D eigenvalue weighted by atomic mass is 35.5. The molecule has 2 fully saturated rings. The van der Waals surface area contributed by atoms with E-state index in [9.17, 15) is 4.79 Å². The first-order valence-electron chi connectivity index (χ1n) is 7.41. The van der Waals surface area contributed by atoms with Crippen LogP contribution in [0, 0.1) is 0 Å². The minimum Gasteiger partial charge on any atom is -0.372 e. The summed E-state index contributed by atoms with van der Waals surface area (Å²) in [4.78, 5) is 14.0. The number of rotatable bonds is 6. The van der Waals surface area contributed by atoms with E-state index in [0.29, 0.717) is 12.1 Å².